The van der Waals surface area contributed by atoms with Crippen LogP contribution in [0.4, 0.5) is 0 Å². The summed E-state index contributed by atoms with van der Waals surface area (Å²) in [4.78, 5) is 6.63. The lowest BCUT2D eigenvalue weighted by Crippen LogP contribution is -2.38. The molecule has 1 fully saturated rings. The molecule has 0 aromatic carbocycles. The lowest BCUT2D eigenvalue weighted by atomic mass is 10.2. The van der Waals surface area contributed by atoms with Gasteiger partial charge in [-0.25, -0.2) is 0 Å². The van der Waals surface area contributed by atoms with E-state index in [1.165, 1.54) is 25.7 Å². The fourth-order valence-corrected chi connectivity index (χ4v) is 2.14. The molecule has 2 N–H and O–H groups in total. The predicted octanol–water partition coefficient (Wildman–Crippen LogP) is 2.01. The fraction of sp³-hybridized carbons (Fsp3) is 0.615. The second-order valence-electron chi connectivity index (χ2n) is 4.47. The number of hydrogen-bond acceptors (Lipinski definition) is 2. The third-order valence-corrected chi connectivity index (χ3v) is 3.14. The van der Waals surface area contributed by atoms with Crippen molar-refractivity contribution in [1.82, 2.24) is 4.90 Å². The topological polar surface area (TPSA) is 54.8 Å². The van der Waals surface area contributed by atoms with Crippen molar-refractivity contribution >= 4 is 5.96 Å². The molecule has 0 atom stereocenters. The normalized spacial score (nSPS) is 18.1. The third-order valence-electron chi connectivity index (χ3n) is 3.14. The molecule has 1 saturated heterocycles. The number of likely N-dealkylation sites (tertiary alicyclic amines) is 1. The molecule has 0 aliphatic carbocycles. The van der Waals surface area contributed by atoms with Gasteiger partial charge in [0.15, 0.2) is 5.96 Å². The van der Waals surface area contributed by atoms with Gasteiger partial charge in [0.25, 0.3) is 0 Å². The Morgan fingerprint density at radius 1 is 1.29 bits per heavy atom. The Morgan fingerprint density at radius 2 is 2.06 bits per heavy atom. The molecule has 2 heterocycles. The van der Waals surface area contributed by atoms with Gasteiger partial charge in [-0.1, -0.05) is 12.8 Å². The molecule has 4 nitrogen and oxygen atoms in total. The smallest absolute Gasteiger partial charge is 0.191 e. The van der Waals surface area contributed by atoms with Gasteiger partial charge in [-0.2, -0.15) is 0 Å². The molecule has 17 heavy (non-hydrogen) atoms. The first-order valence-corrected chi connectivity index (χ1v) is 6.43. The minimum atomic E-state index is 0.693. The monoisotopic (exact) mass is 235 g/mol. The van der Waals surface area contributed by atoms with E-state index >= 15 is 0 Å². The minimum absolute atomic E-state index is 0.693. The molecule has 94 valence electrons. The van der Waals surface area contributed by atoms with Crippen LogP contribution < -0.4 is 5.73 Å². The van der Waals surface area contributed by atoms with Crippen molar-refractivity contribution in [2.75, 3.05) is 19.6 Å². The van der Waals surface area contributed by atoms with Gasteiger partial charge in [-0.3, -0.25) is 4.99 Å². The van der Waals surface area contributed by atoms with Crippen molar-refractivity contribution in [1.29, 1.82) is 0 Å². The quantitative estimate of drug-likeness (QED) is 0.644. The highest BCUT2D eigenvalue weighted by Crippen LogP contribution is 2.09. The summed E-state index contributed by atoms with van der Waals surface area (Å²) in [6, 6.07) is 3.87. The van der Waals surface area contributed by atoms with Crippen LogP contribution in [-0.2, 0) is 6.42 Å². The molecule has 0 bridgehead atoms. The molecule has 1 aromatic rings. The fourth-order valence-electron chi connectivity index (χ4n) is 2.14. The molecule has 4 heteroatoms. The van der Waals surface area contributed by atoms with E-state index in [0.29, 0.717) is 12.5 Å². The standard InChI is InChI=1S/C13H21N3O/c14-13(16-9-3-1-2-4-10-16)15-8-7-12-6-5-11-17-12/h5-6,11H,1-4,7-10H2,(H2,14,15). The van der Waals surface area contributed by atoms with Gasteiger partial charge in [-0.15, -0.1) is 0 Å². The van der Waals surface area contributed by atoms with Gasteiger partial charge in [0.1, 0.15) is 5.76 Å². The SMILES string of the molecule is NC(=NCCc1ccco1)N1CCCCCC1. The average Bonchev–Trinajstić information content (AvgIpc) is 2.69. The predicted molar refractivity (Wildman–Crippen MR) is 68.9 cm³/mol. The molecular formula is C13H21N3O. The maximum absolute atomic E-state index is 6.00. The molecule has 1 aliphatic rings. The van der Waals surface area contributed by atoms with Crippen LogP contribution >= 0.6 is 0 Å². The van der Waals surface area contributed by atoms with Crippen LogP contribution in [-0.4, -0.2) is 30.5 Å². The number of rotatable bonds is 3. The highest BCUT2D eigenvalue weighted by molar-refractivity contribution is 5.78. The molecular weight excluding hydrogens is 214 g/mol. The molecule has 0 unspecified atom stereocenters. The first-order chi connectivity index (χ1) is 8.36. The molecule has 1 aromatic heterocycles. The van der Waals surface area contributed by atoms with Crippen LogP contribution in [0.1, 0.15) is 31.4 Å². The van der Waals surface area contributed by atoms with Crippen molar-refractivity contribution in [2.24, 2.45) is 10.7 Å². The summed E-state index contributed by atoms with van der Waals surface area (Å²) >= 11 is 0. The summed E-state index contributed by atoms with van der Waals surface area (Å²) in [6.45, 7) is 2.81. The molecule has 1 aliphatic heterocycles. The van der Waals surface area contributed by atoms with E-state index in [1.54, 1.807) is 6.26 Å². The van der Waals surface area contributed by atoms with Gasteiger partial charge in [0.2, 0.25) is 0 Å². The van der Waals surface area contributed by atoms with E-state index in [2.05, 4.69) is 9.89 Å². The lowest BCUT2D eigenvalue weighted by Gasteiger charge is -2.20. The van der Waals surface area contributed by atoms with Crippen LogP contribution in [0.2, 0.25) is 0 Å². The Balaban J connectivity index is 1.79. The molecule has 0 radical (unpaired) electrons. The summed E-state index contributed by atoms with van der Waals surface area (Å²) in [5, 5.41) is 0. The Labute approximate surface area is 102 Å². The van der Waals surface area contributed by atoms with E-state index < -0.39 is 0 Å². The van der Waals surface area contributed by atoms with Gasteiger partial charge >= 0.3 is 0 Å². The Morgan fingerprint density at radius 3 is 2.71 bits per heavy atom. The van der Waals surface area contributed by atoms with E-state index in [9.17, 15) is 0 Å². The third kappa shape index (κ3) is 3.80. The highest BCUT2D eigenvalue weighted by Gasteiger charge is 2.10. The van der Waals surface area contributed by atoms with Crippen molar-refractivity contribution < 1.29 is 4.42 Å². The van der Waals surface area contributed by atoms with Crippen molar-refractivity contribution in [3.63, 3.8) is 0 Å². The summed E-state index contributed by atoms with van der Waals surface area (Å²) < 4.78 is 5.26. The first-order valence-electron chi connectivity index (χ1n) is 6.43. The highest BCUT2D eigenvalue weighted by atomic mass is 16.3. The maximum Gasteiger partial charge on any atom is 0.191 e. The first kappa shape index (κ1) is 12.0. The zero-order chi connectivity index (χ0) is 11.9. The zero-order valence-electron chi connectivity index (χ0n) is 10.3. The summed E-state index contributed by atoms with van der Waals surface area (Å²) in [7, 11) is 0. The largest absolute Gasteiger partial charge is 0.469 e. The number of aliphatic imine (C=N–C) groups is 1. The van der Waals surface area contributed by atoms with Crippen LogP contribution in [0.3, 0.4) is 0 Å². The molecule has 0 saturated carbocycles. The Kier molecular flexibility index (Phi) is 4.47. The van der Waals surface area contributed by atoms with Gasteiger partial charge < -0.3 is 15.1 Å². The number of guanidine groups is 1. The molecule has 0 amide bonds. The summed E-state index contributed by atoms with van der Waals surface area (Å²) in [5.41, 5.74) is 6.00. The van der Waals surface area contributed by atoms with Crippen LogP contribution in [0.25, 0.3) is 0 Å². The number of nitrogens with two attached hydrogens (primary N) is 1. The molecule has 0 spiro atoms. The summed E-state index contributed by atoms with van der Waals surface area (Å²) in [6.07, 6.45) is 7.61. The van der Waals surface area contributed by atoms with Crippen molar-refractivity contribution in [3.8, 4) is 0 Å². The average molecular weight is 235 g/mol. The zero-order valence-corrected chi connectivity index (χ0v) is 10.3. The molecule has 2 rings (SSSR count). The van der Waals surface area contributed by atoms with E-state index in [4.69, 9.17) is 10.2 Å². The minimum Gasteiger partial charge on any atom is -0.469 e. The Bertz CT molecular complexity index is 338. The lowest BCUT2D eigenvalue weighted by molar-refractivity contribution is 0.428. The number of nitrogens with zero attached hydrogens (tertiary/aromatic N) is 2. The van der Waals surface area contributed by atoms with Gasteiger partial charge in [0.05, 0.1) is 6.26 Å². The second kappa shape index (κ2) is 6.33. The number of furan rings is 1. The van der Waals surface area contributed by atoms with Crippen molar-refractivity contribution in [2.45, 2.75) is 32.1 Å². The maximum atomic E-state index is 6.00. The number of hydrogen-bond donors (Lipinski definition) is 1. The van der Waals surface area contributed by atoms with Crippen LogP contribution in [0, 0.1) is 0 Å². The summed E-state index contributed by atoms with van der Waals surface area (Å²) in [5.74, 6) is 1.66. The second-order valence-corrected chi connectivity index (χ2v) is 4.47. The van der Waals surface area contributed by atoms with Gasteiger partial charge in [-0.05, 0) is 25.0 Å². The van der Waals surface area contributed by atoms with Crippen LogP contribution in [0.15, 0.2) is 27.8 Å². The van der Waals surface area contributed by atoms with E-state index in [-0.39, 0.29) is 0 Å². The van der Waals surface area contributed by atoms with Gasteiger partial charge in [0, 0.05) is 26.1 Å². The Hall–Kier alpha value is -1.45. The van der Waals surface area contributed by atoms with E-state index in [0.717, 1.165) is 25.3 Å². The van der Waals surface area contributed by atoms with E-state index in [1.807, 2.05) is 12.1 Å². The van der Waals surface area contributed by atoms with Crippen molar-refractivity contribution in [3.05, 3.63) is 24.2 Å². The van der Waals surface area contributed by atoms with Crippen LogP contribution in [0.5, 0.6) is 0 Å².